The van der Waals surface area contributed by atoms with Gasteiger partial charge in [0, 0.05) is 0 Å². The molecule has 0 aliphatic carbocycles. The van der Waals surface area contributed by atoms with Crippen LogP contribution in [0.3, 0.4) is 0 Å². The molecule has 0 saturated carbocycles. The third kappa shape index (κ3) is 6.62. The Morgan fingerprint density at radius 3 is 2.57 bits per heavy atom. The van der Waals surface area contributed by atoms with Crippen LogP contribution in [0, 0.1) is 0 Å². The molecule has 0 aliphatic heterocycles. The van der Waals surface area contributed by atoms with Crippen molar-refractivity contribution < 1.29 is 3.02 Å². The fourth-order valence-corrected chi connectivity index (χ4v) is 1.78. The molecule has 2 heteroatoms. The molecule has 0 bridgehead atoms. The first-order chi connectivity index (χ1) is 3.41. The standard InChI is InChI=1S/C5H11.O.Sb.2H/c1-3-5-4-2;;;;/h1,3-5H2,2H3;;;;. The van der Waals surface area contributed by atoms with Crippen molar-refractivity contribution >= 4 is 21.6 Å². The Morgan fingerprint density at radius 2 is 2.14 bits per heavy atom. The molecule has 0 aromatic heterocycles. The third-order valence-electron chi connectivity index (χ3n) is 0.926. The van der Waals surface area contributed by atoms with Gasteiger partial charge in [0.2, 0.25) is 0 Å². The second-order valence-corrected chi connectivity index (χ2v) is 4.26. The topological polar surface area (TPSA) is 17.1 Å². The average molecular weight is 211 g/mol. The van der Waals surface area contributed by atoms with Crippen molar-refractivity contribution in [2.45, 2.75) is 30.6 Å². The van der Waals surface area contributed by atoms with E-state index in [0.717, 1.165) is 4.37 Å². The van der Waals surface area contributed by atoms with Crippen LogP contribution in [0.1, 0.15) is 26.2 Å². The molecule has 44 valence electrons. The Morgan fingerprint density at radius 1 is 1.43 bits per heavy atom. The summed E-state index contributed by atoms with van der Waals surface area (Å²) in [7, 11) is 0. The molecule has 1 nitrogen and oxygen atoms in total. The summed E-state index contributed by atoms with van der Waals surface area (Å²) >= 11 is -1.21. The SMILES string of the molecule is CCCC[CH2][SbH2]=[O]. The second kappa shape index (κ2) is 6.62. The molecule has 0 radical (unpaired) electrons. The average Bonchev–Trinajstić information content (AvgIpc) is 1.69. The van der Waals surface area contributed by atoms with Crippen molar-refractivity contribution in [2.24, 2.45) is 0 Å². The van der Waals surface area contributed by atoms with E-state index in [9.17, 15) is 3.02 Å². The summed E-state index contributed by atoms with van der Waals surface area (Å²) in [4.78, 5) is 0. The molecule has 0 aromatic rings. The van der Waals surface area contributed by atoms with Gasteiger partial charge in [-0.2, -0.15) is 0 Å². The number of unbranched alkanes of at least 4 members (excludes halogenated alkanes) is 2. The van der Waals surface area contributed by atoms with Gasteiger partial charge in [-0.25, -0.2) is 0 Å². The Balaban J connectivity index is 2.56. The van der Waals surface area contributed by atoms with Crippen LogP contribution in [0.25, 0.3) is 0 Å². The molecule has 7 heavy (non-hydrogen) atoms. The van der Waals surface area contributed by atoms with Crippen LogP contribution in [0.2, 0.25) is 4.37 Å². The molecule has 0 fully saturated rings. The van der Waals surface area contributed by atoms with Crippen LogP contribution < -0.4 is 0 Å². The van der Waals surface area contributed by atoms with E-state index in [2.05, 4.69) is 6.92 Å². The number of hydrogen-bond donors (Lipinski definition) is 0. The van der Waals surface area contributed by atoms with E-state index in [4.69, 9.17) is 0 Å². The minimum absolute atomic E-state index is 1.06. The zero-order chi connectivity index (χ0) is 5.54. The minimum atomic E-state index is -1.21. The van der Waals surface area contributed by atoms with Gasteiger partial charge in [-0.05, 0) is 0 Å². The molecule has 0 unspecified atom stereocenters. The van der Waals surface area contributed by atoms with Gasteiger partial charge in [-0.15, -0.1) is 0 Å². The fourth-order valence-electron chi connectivity index (χ4n) is 0.478. The summed E-state index contributed by atoms with van der Waals surface area (Å²) < 4.78 is 11.1. The zero-order valence-corrected chi connectivity index (χ0v) is 8.11. The van der Waals surface area contributed by atoms with Gasteiger partial charge in [-0.1, -0.05) is 0 Å². The predicted octanol–water partition coefficient (Wildman–Crippen LogP) is 1.11. The number of hydrogen-bond acceptors (Lipinski definition) is 1. The van der Waals surface area contributed by atoms with Gasteiger partial charge in [0.05, 0.1) is 0 Å². The van der Waals surface area contributed by atoms with Crippen molar-refractivity contribution in [3.8, 4) is 0 Å². The quantitative estimate of drug-likeness (QED) is 0.502. The van der Waals surface area contributed by atoms with Crippen LogP contribution >= 0.6 is 0 Å². The van der Waals surface area contributed by atoms with E-state index in [-0.39, 0.29) is 0 Å². The normalized spacial score (nSPS) is 11.0. The van der Waals surface area contributed by atoms with E-state index in [1.54, 1.807) is 0 Å². The monoisotopic (exact) mass is 210 g/mol. The number of rotatable bonds is 4. The van der Waals surface area contributed by atoms with E-state index in [0.29, 0.717) is 0 Å². The molecule has 0 rings (SSSR count). The summed E-state index contributed by atoms with van der Waals surface area (Å²) in [6, 6.07) is 0. The molecule has 0 N–H and O–H groups in total. The first-order valence-electron chi connectivity index (χ1n) is 2.85. The third-order valence-corrected chi connectivity index (χ3v) is 2.76. The van der Waals surface area contributed by atoms with Crippen molar-refractivity contribution in [1.82, 2.24) is 0 Å². The Hall–Kier alpha value is 0.618. The van der Waals surface area contributed by atoms with Crippen molar-refractivity contribution in [2.75, 3.05) is 0 Å². The van der Waals surface area contributed by atoms with Crippen molar-refractivity contribution in [1.29, 1.82) is 0 Å². The van der Waals surface area contributed by atoms with Crippen molar-refractivity contribution in [3.05, 3.63) is 0 Å². The predicted molar refractivity (Wildman–Crippen MR) is 33.6 cm³/mol. The second-order valence-electron chi connectivity index (χ2n) is 1.66. The van der Waals surface area contributed by atoms with Gasteiger partial charge in [0.1, 0.15) is 0 Å². The van der Waals surface area contributed by atoms with Crippen LogP contribution in [-0.2, 0) is 3.02 Å². The molecule has 0 atom stereocenters. The van der Waals surface area contributed by atoms with Gasteiger partial charge in [0.15, 0.2) is 0 Å². The molecular formula is C5H13OSb. The Kier molecular flexibility index (Phi) is 7.20. The summed E-state index contributed by atoms with van der Waals surface area (Å²) in [5.74, 6) is 0. The molecule has 0 aromatic carbocycles. The van der Waals surface area contributed by atoms with E-state index in [1.807, 2.05) is 0 Å². The Bertz CT molecular complexity index is 45.3. The van der Waals surface area contributed by atoms with Gasteiger partial charge < -0.3 is 0 Å². The van der Waals surface area contributed by atoms with E-state index in [1.165, 1.54) is 19.3 Å². The van der Waals surface area contributed by atoms with Gasteiger partial charge in [0.25, 0.3) is 0 Å². The first-order valence-corrected chi connectivity index (χ1v) is 6.53. The van der Waals surface area contributed by atoms with Gasteiger partial charge >= 0.3 is 55.2 Å². The molecule has 0 aliphatic rings. The fraction of sp³-hybridized carbons (Fsp3) is 1.00. The maximum absolute atomic E-state index is 9.99. The molecule has 0 spiro atoms. The molecule has 0 saturated heterocycles. The first kappa shape index (κ1) is 7.62. The van der Waals surface area contributed by atoms with Crippen molar-refractivity contribution in [3.63, 3.8) is 0 Å². The Labute approximate surface area is 55.4 Å². The van der Waals surface area contributed by atoms with Gasteiger partial charge in [-0.3, -0.25) is 0 Å². The summed E-state index contributed by atoms with van der Waals surface area (Å²) in [5, 5.41) is 0. The summed E-state index contributed by atoms with van der Waals surface area (Å²) in [5.41, 5.74) is 0. The van der Waals surface area contributed by atoms with Crippen LogP contribution in [-0.4, -0.2) is 21.6 Å². The molecule has 0 amide bonds. The summed E-state index contributed by atoms with van der Waals surface area (Å²) in [6.07, 6.45) is 3.73. The van der Waals surface area contributed by atoms with Crippen LogP contribution in [0.5, 0.6) is 0 Å². The molecule has 0 heterocycles. The zero-order valence-electron chi connectivity index (χ0n) is 4.81. The summed E-state index contributed by atoms with van der Waals surface area (Å²) in [6.45, 7) is 2.16. The molecular weight excluding hydrogens is 198 g/mol. The van der Waals surface area contributed by atoms with Crippen LogP contribution in [0.15, 0.2) is 0 Å². The maximum atomic E-state index is 9.99. The van der Waals surface area contributed by atoms with E-state index >= 15 is 0 Å². The van der Waals surface area contributed by atoms with Crippen LogP contribution in [0.4, 0.5) is 0 Å². The van der Waals surface area contributed by atoms with E-state index < -0.39 is 21.6 Å².